The van der Waals surface area contributed by atoms with Crippen LogP contribution in [0.4, 0.5) is 22.0 Å². The van der Waals surface area contributed by atoms with Crippen molar-refractivity contribution in [1.29, 1.82) is 0 Å². The summed E-state index contributed by atoms with van der Waals surface area (Å²) in [5.74, 6) is -0.303. The predicted octanol–water partition coefficient (Wildman–Crippen LogP) is 4.97. The smallest absolute Gasteiger partial charge is 0.313 e. The predicted molar refractivity (Wildman–Crippen MR) is 92.9 cm³/mol. The van der Waals surface area contributed by atoms with Crippen molar-refractivity contribution in [3.05, 3.63) is 70.5 Å². The topological polar surface area (TPSA) is 12.0 Å². The van der Waals surface area contributed by atoms with Gasteiger partial charge in [0.25, 0.3) is 0 Å². The van der Waals surface area contributed by atoms with E-state index in [1.807, 2.05) is 0 Å². The maximum Gasteiger partial charge on any atom is 0.426 e. The Labute approximate surface area is 154 Å². The number of fused-ring (bicyclic) bond motifs is 3. The van der Waals surface area contributed by atoms with E-state index in [0.717, 1.165) is 29.7 Å². The van der Waals surface area contributed by atoms with E-state index in [1.165, 1.54) is 24.3 Å². The molecule has 0 amide bonds. The summed E-state index contributed by atoms with van der Waals surface area (Å²) in [4.78, 5) is 0. The zero-order valence-corrected chi connectivity index (χ0v) is 14.8. The van der Waals surface area contributed by atoms with Crippen LogP contribution in [-0.2, 0) is 23.9 Å². The lowest BCUT2D eigenvalue weighted by atomic mass is 9.73. The molecule has 2 aromatic carbocycles. The van der Waals surface area contributed by atoms with Crippen molar-refractivity contribution in [2.75, 3.05) is 6.54 Å². The van der Waals surface area contributed by atoms with Crippen molar-refractivity contribution in [3.63, 3.8) is 0 Å². The first-order chi connectivity index (χ1) is 12.6. The zero-order chi connectivity index (χ0) is 19.4. The highest BCUT2D eigenvalue weighted by atomic mass is 19.4. The van der Waals surface area contributed by atoms with Crippen LogP contribution in [0.25, 0.3) is 0 Å². The van der Waals surface area contributed by atoms with Crippen molar-refractivity contribution < 1.29 is 22.0 Å². The monoisotopic (exact) mass is 381 g/mol. The van der Waals surface area contributed by atoms with Gasteiger partial charge in [0.2, 0.25) is 5.67 Å². The van der Waals surface area contributed by atoms with Gasteiger partial charge >= 0.3 is 6.18 Å². The number of hydrogen-bond acceptors (Lipinski definition) is 1. The van der Waals surface area contributed by atoms with Crippen LogP contribution in [0.3, 0.4) is 0 Å². The molecule has 1 N–H and O–H groups in total. The molecular weight excluding hydrogens is 361 g/mol. The molecule has 0 spiro atoms. The van der Waals surface area contributed by atoms with Gasteiger partial charge in [-0.2, -0.15) is 13.2 Å². The van der Waals surface area contributed by atoms with Crippen molar-refractivity contribution in [2.45, 2.75) is 49.5 Å². The maximum atomic E-state index is 14.4. The summed E-state index contributed by atoms with van der Waals surface area (Å²) in [7, 11) is 0. The van der Waals surface area contributed by atoms with Crippen molar-refractivity contribution in [1.82, 2.24) is 5.32 Å². The molecule has 1 nitrogen and oxygen atoms in total. The number of nitrogens with one attached hydrogen (secondary N) is 1. The fraction of sp³-hybridized carbons (Fsp3) is 0.429. The molecule has 0 bridgehead atoms. The third-order valence-corrected chi connectivity index (χ3v) is 6.20. The number of alkyl halides is 4. The van der Waals surface area contributed by atoms with Crippen LogP contribution in [0.2, 0.25) is 0 Å². The fourth-order valence-electron chi connectivity index (χ4n) is 4.63. The van der Waals surface area contributed by atoms with Crippen molar-refractivity contribution >= 4 is 0 Å². The molecule has 3 unspecified atom stereocenters. The third-order valence-electron chi connectivity index (χ3n) is 6.20. The summed E-state index contributed by atoms with van der Waals surface area (Å²) in [5, 5.41) is 3.44. The first kappa shape index (κ1) is 18.4. The molecule has 0 saturated carbocycles. The molecule has 2 aromatic rings. The van der Waals surface area contributed by atoms with E-state index < -0.39 is 11.8 Å². The molecule has 4 rings (SSSR count). The van der Waals surface area contributed by atoms with E-state index in [-0.39, 0.29) is 22.8 Å². The molecule has 1 aliphatic heterocycles. The number of halogens is 5. The van der Waals surface area contributed by atoms with Crippen LogP contribution in [0, 0.1) is 5.82 Å². The molecule has 1 heterocycles. The van der Waals surface area contributed by atoms with Gasteiger partial charge in [0, 0.05) is 11.5 Å². The molecule has 144 valence electrons. The Hall–Kier alpha value is -1.95. The normalized spacial score (nSPS) is 26.5. The van der Waals surface area contributed by atoms with Crippen molar-refractivity contribution in [3.8, 4) is 0 Å². The average Bonchev–Trinajstić information content (AvgIpc) is 3.11. The summed E-state index contributed by atoms with van der Waals surface area (Å²) < 4.78 is 66.8. The van der Waals surface area contributed by atoms with Crippen LogP contribution in [0.1, 0.15) is 35.6 Å². The average molecular weight is 381 g/mol. The standard InChI is InChI=1S/C21H20F5N/c1-19(23,21(24,25)26)15-4-7-17-14(10-15)11-18-20(17,8-9-27-18)12-13-2-5-16(22)6-3-13/h2-7,10,18,27H,8-9,11-12H2,1H3. The lowest BCUT2D eigenvalue weighted by molar-refractivity contribution is -0.228. The van der Waals surface area contributed by atoms with Gasteiger partial charge in [-0.25, -0.2) is 8.78 Å². The molecule has 1 saturated heterocycles. The van der Waals surface area contributed by atoms with E-state index in [4.69, 9.17) is 0 Å². The molecule has 0 radical (unpaired) electrons. The zero-order valence-electron chi connectivity index (χ0n) is 14.8. The highest BCUT2D eigenvalue weighted by Crippen LogP contribution is 2.49. The van der Waals surface area contributed by atoms with Gasteiger partial charge in [-0.1, -0.05) is 30.3 Å². The molecular formula is C21H20F5N. The quantitative estimate of drug-likeness (QED) is 0.740. The van der Waals surface area contributed by atoms with E-state index in [2.05, 4.69) is 5.32 Å². The van der Waals surface area contributed by atoms with E-state index in [9.17, 15) is 22.0 Å². The Morgan fingerprint density at radius 3 is 2.44 bits per heavy atom. The largest absolute Gasteiger partial charge is 0.426 e. The number of hydrogen-bond donors (Lipinski definition) is 1. The third kappa shape index (κ3) is 2.85. The van der Waals surface area contributed by atoms with Gasteiger partial charge in [-0.05, 0) is 67.1 Å². The van der Waals surface area contributed by atoms with Gasteiger partial charge in [-0.15, -0.1) is 0 Å². The highest BCUT2D eigenvalue weighted by Gasteiger charge is 2.55. The van der Waals surface area contributed by atoms with E-state index >= 15 is 0 Å². The molecule has 1 aliphatic carbocycles. The molecule has 27 heavy (non-hydrogen) atoms. The van der Waals surface area contributed by atoms with Gasteiger partial charge in [-0.3, -0.25) is 0 Å². The Kier molecular flexibility index (Phi) is 4.11. The van der Waals surface area contributed by atoms with E-state index in [1.54, 1.807) is 18.2 Å². The van der Waals surface area contributed by atoms with Crippen molar-refractivity contribution in [2.24, 2.45) is 0 Å². The van der Waals surface area contributed by atoms with Crippen LogP contribution in [-0.4, -0.2) is 18.8 Å². The number of rotatable bonds is 3. The van der Waals surface area contributed by atoms with Crippen LogP contribution in [0.15, 0.2) is 42.5 Å². The second kappa shape index (κ2) is 6.03. The minimum absolute atomic E-state index is 0.0876. The minimum atomic E-state index is -4.96. The summed E-state index contributed by atoms with van der Waals surface area (Å²) in [6.45, 7) is 1.38. The molecule has 1 fully saturated rings. The highest BCUT2D eigenvalue weighted by molar-refractivity contribution is 5.48. The summed E-state index contributed by atoms with van der Waals surface area (Å²) in [6, 6.07) is 10.7. The van der Waals surface area contributed by atoms with E-state index in [0.29, 0.717) is 19.8 Å². The number of benzene rings is 2. The van der Waals surface area contributed by atoms with Gasteiger partial charge in [0.05, 0.1) is 0 Å². The molecule has 0 aromatic heterocycles. The first-order valence-corrected chi connectivity index (χ1v) is 9.01. The Balaban J connectivity index is 1.73. The fourth-order valence-corrected chi connectivity index (χ4v) is 4.63. The summed E-state index contributed by atoms with van der Waals surface area (Å²) in [5.41, 5.74) is -1.27. The summed E-state index contributed by atoms with van der Waals surface area (Å²) >= 11 is 0. The van der Waals surface area contributed by atoms with Crippen LogP contribution < -0.4 is 5.32 Å². The molecule has 2 aliphatic rings. The van der Waals surface area contributed by atoms with Gasteiger partial charge < -0.3 is 5.32 Å². The Bertz CT molecular complexity index is 856. The molecule has 3 atom stereocenters. The Morgan fingerprint density at radius 1 is 1.07 bits per heavy atom. The lowest BCUT2D eigenvalue weighted by Crippen LogP contribution is -2.38. The van der Waals surface area contributed by atoms with Gasteiger partial charge in [0.15, 0.2) is 0 Å². The van der Waals surface area contributed by atoms with Crippen LogP contribution >= 0.6 is 0 Å². The minimum Gasteiger partial charge on any atom is -0.313 e. The van der Waals surface area contributed by atoms with Gasteiger partial charge in [0.1, 0.15) is 5.82 Å². The second-order valence-corrected chi connectivity index (χ2v) is 7.79. The summed E-state index contributed by atoms with van der Waals surface area (Å²) in [6.07, 6.45) is -2.88. The second-order valence-electron chi connectivity index (χ2n) is 7.79. The lowest BCUT2D eigenvalue weighted by Gasteiger charge is -2.31. The maximum absolute atomic E-state index is 14.4. The Morgan fingerprint density at radius 2 is 1.78 bits per heavy atom. The SMILES string of the molecule is CC(F)(c1ccc2c(c1)CC1NCCC21Cc1ccc(F)cc1)C(F)(F)F. The van der Waals surface area contributed by atoms with Crippen LogP contribution in [0.5, 0.6) is 0 Å². The molecule has 6 heteroatoms. The first-order valence-electron chi connectivity index (χ1n) is 9.01.